The Balaban J connectivity index is 1.74. The molecule has 1 aromatic carbocycles. The molecule has 0 bridgehead atoms. The quantitative estimate of drug-likeness (QED) is 0.689. The molecule has 2 amide bonds. The maximum absolute atomic E-state index is 13.4. The summed E-state index contributed by atoms with van der Waals surface area (Å²) in [4.78, 5) is 28.4. The fraction of sp³-hybridized carbons (Fsp3) is 0.600. The van der Waals surface area contributed by atoms with Gasteiger partial charge in [-0.15, -0.1) is 0 Å². The molecule has 0 aromatic heterocycles. The van der Waals surface area contributed by atoms with E-state index in [-0.39, 0.29) is 16.9 Å². The Hall–Kier alpha value is -2.33. The molecule has 1 aromatic rings. The molecule has 30 heavy (non-hydrogen) atoms. The zero-order chi connectivity index (χ0) is 21.9. The average molecular weight is 440 g/mol. The van der Waals surface area contributed by atoms with Gasteiger partial charge in [0.25, 0.3) is 0 Å². The Morgan fingerprint density at radius 3 is 2.40 bits per heavy atom. The molecule has 1 atom stereocenters. The number of amides is 2. The van der Waals surface area contributed by atoms with Crippen molar-refractivity contribution in [2.24, 2.45) is 0 Å². The molecule has 0 radical (unpaired) electrons. The molecule has 10 heteroatoms. The summed E-state index contributed by atoms with van der Waals surface area (Å²) < 4.78 is 38.2. The molecule has 3 rings (SSSR count). The van der Waals surface area contributed by atoms with Crippen molar-refractivity contribution in [3.8, 4) is 5.75 Å². The first-order valence-electron chi connectivity index (χ1n) is 10.2. The smallest absolute Gasteiger partial charge is 0.409 e. The molecule has 2 fully saturated rings. The Morgan fingerprint density at radius 1 is 1.10 bits per heavy atom. The van der Waals surface area contributed by atoms with Crippen LogP contribution in [0.15, 0.2) is 23.1 Å². The van der Waals surface area contributed by atoms with Gasteiger partial charge in [0.1, 0.15) is 11.8 Å². The summed E-state index contributed by atoms with van der Waals surface area (Å²) in [6.45, 7) is 5.55. The largest absolute Gasteiger partial charge is 0.497 e. The minimum Gasteiger partial charge on any atom is -0.497 e. The van der Waals surface area contributed by atoms with E-state index in [1.807, 2.05) is 0 Å². The molecule has 2 aliphatic rings. The van der Waals surface area contributed by atoms with Crippen molar-refractivity contribution in [3.05, 3.63) is 23.8 Å². The van der Waals surface area contributed by atoms with Crippen LogP contribution in [0, 0.1) is 6.92 Å². The molecule has 2 aliphatic heterocycles. The fourth-order valence-corrected chi connectivity index (χ4v) is 5.81. The van der Waals surface area contributed by atoms with Crippen molar-refractivity contribution in [2.45, 2.75) is 37.6 Å². The van der Waals surface area contributed by atoms with Gasteiger partial charge < -0.3 is 19.3 Å². The van der Waals surface area contributed by atoms with Crippen LogP contribution < -0.4 is 4.74 Å². The first kappa shape index (κ1) is 22.4. The van der Waals surface area contributed by atoms with Gasteiger partial charge in [0.15, 0.2) is 0 Å². The van der Waals surface area contributed by atoms with Gasteiger partial charge in [-0.3, -0.25) is 4.79 Å². The van der Waals surface area contributed by atoms with Crippen molar-refractivity contribution >= 4 is 22.0 Å². The first-order chi connectivity index (χ1) is 14.3. The lowest BCUT2D eigenvalue weighted by Gasteiger charge is -2.36. The fourth-order valence-electron chi connectivity index (χ4n) is 3.92. The highest BCUT2D eigenvalue weighted by Crippen LogP contribution is 2.31. The number of carbonyl (C=O) groups excluding carboxylic acids is 2. The molecule has 0 saturated carbocycles. The number of nitrogens with zero attached hydrogens (tertiary/aromatic N) is 3. The summed E-state index contributed by atoms with van der Waals surface area (Å²) in [7, 11) is -2.36. The summed E-state index contributed by atoms with van der Waals surface area (Å²) in [6.07, 6.45) is 0.726. The SMILES string of the molecule is CCOC(=O)N1CCN(C(=O)[C@H]2CCCN2S(=O)(=O)c2cc(OC)ccc2C)CC1. The number of piperazine rings is 1. The first-order valence-corrected chi connectivity index (χ1v) is 11.6. The van der Waals surface area contributed by atoms with E-state index < -0.39 is 16.1 Å². The van der Waals surface area contributed by atoms with Gasteiger partial charge in [0.05, 0.1) is 18.6 Å². The van der Waals surface area contributed by atoms with Crippen LogP contribution in [0.3, 0.4) is 0 Å². The maximum Gasteiger partial charge on any atom is 0.409 e. The molecule has 166 valence electrons. The lowest BCUT2D eigenvalue weighted by atomic mass is 10.2. The number of aryl methyl sites for hydroxylation is 1. The van der Waals surface area contributed by atoms with Crippen LogP contribution in [0.25, 0.3) is 0 Å². The Kier molecular flexibility index (Phi) is 6.87. The standard InChI is InChI=1S/C20H29N3O6S/c1-4-29-20(25)22-12-10-21(11-13-22)19(24)17-6-5-9-23(17)30(26,27)18-14-16(28-3)8-7-15(18)2/h7-8,14,17H,4-6,9-13H2,1-3H3/t17-/m1/s1. The highest BCUT2D eigenvalue weighted by atomic mass is 32.2. The van der Waals surface area contributed by atoms with Crippen LogP contribution in [0.4, 0.5) is 4.79 Å². The maximum atomic E-state index is 13.4. The molecule has 0 unspecified atom stereocenters. The number of hydrogen-bond acceptors (Lipinski definition) is 6. The van der Waals surface area contributed by atoms with E-state index >= 15 is 0 Å². The van der Waals surface area contributed by atoms with Crippen LogP contribution >= 0.6 is 0 Å². The van der Waals surface area contributed by atoms with E-state index in [4.69, 9.17) is 9.47 Å². The summed E-state index contributed by atoms with van der Waals surface area (Å²) in [5.41, 5.74) is 0.608. The Bertz CT molecular complexity index is 896. The molecule has 2 heterocycles. The third-order valence-electron chi connectivity index (χ3n) is 5.59. The Morgan fingerprint density at radius 2 is 1.77 bits per heavy atom. The van der Waals surface area contributed by atoms with Crippen LogP contribution in [-0.4, -0.2) is 87.0 Å². The highest BCUT2D eigenvalue weighted by Gasteiger charge is 2.42. The number of sulfonamides is 1. The number of ether oxygens (including phenoxy) is 2. The van der Waals surface area contributed by atoms with Crippen LogP contribution in [-0.2, 0) is 19.6 Å². The third-order valence-corrected chi connectivity index (χ3v) is 7.64. The molecule has 2 saturated heterocycles. The summed E-state index contributed by atoms with van der Waals surface area (Å²) in [5, 5.41) is 0. The summed E-state index contributed by atoms with van der Waals surface area (Å²) in [6, 6.07) is 4.19. The van der Waals surface area contributed by atoms with Gasteiger partial charge in [0, 0.05) is 38.8 Å². The van der Waals surface area contributed by atoms with Crippen LogP contribution in [0.5, 0.6) is 5.75 Å². The van der Waals surface area contributed by atoms with Crippen LogP contribution in [0.1, 0.15) is 25.3 Å². The third kappa shape index (κ3) is 4.39. The Labute approximate surface area is 177 Å². The second kappa shape index (κ2) is 9.22. The second-order valence-electron chi connectivity index (χ2n) is 7.42. The second-order valence-corrected chi connectivity index (χ2v) is 9.28. The molecular formula is C20H29N3O6S. The predicted molar refractivity (Wildman–Crippen MR) is 110 cm³/mol. The van der Waals surface area contributed by atoms with Gasteiger partial charge in [0.2, 0.25) is 15.9 Å². The lowest BCUT2D eigenvalue weighted by molar-refractivity contribution is -0.136. The van der Waals surface area contributed by atoms with E-state index in [2.05, 4.69) is 0 Å². The minimum atomic E-state index is -3.85. The summed E-state index contributed by atoms with van der Waals surface area (Å²) in [5.74, 6) is 0.247. The van der Waals surface area contributed by atoms with E-state index in [9.17, 15) is 18.0 Å². The van der Waals surface area contributed by atoms with E-state index in [1.54, 1.807) is 35.8 Å². The average Bonchev–Trinajstić information content (AvgIpc) is 3.24. The van der Waals surface area contributed by atoms with Gasteiger partial charge in [-0.05, 0) is 38.3 Å². The molecule has 0 aliphatic carbocycles. The molecular weight excluding hydrogens is 410 g/mol. The molecule has 9 nitrogen and oxygen atoms in total. The lowest BCUT2D eigenvalue weighted by Crippen LogP contribution is -2.55. The number of carbonyl (C=O) groups is 2. The van der Waals surface area contributed by atoms with Gasteiger partial charge in [-0.1, -0.05) is 6.07 Å². The molecule has 0 spiro atoms. The van der Waals surface area contributed by atoms with Gasteiger partial charge >= 0.3 is 6.09 Å². The monoisotopic (exact) mass is 439 g/mol. The van der Waals surface area contributed by atoms with Crippen molar-refractivity contribution in [1.29, 1.82) is 0 Å². The molecule has 0 N–H and O–H groups in total. The zero-order valence-corrected chi connectivity index (χ0v) is 18.5. The highest BCUT2D eigenvalue weighted by molar-refractivity contribution is 7.89. The van der Waals surface area contributed by atoms with Gasteiger partial charge in [-0.2, -0.15) is 4.31 Å². The number of hydrogen-bond donors (Lipinski definition) is 0. The van der Waals surface area contributed by atoms with Crippen molar-refractivity contribution in [1.82, 2.24) is 14.1 Å². The van der Waals surface area contributed by atoms with E-state index in [1.165, 1.54) is 17.5 Å². The van der Waals surface area contributed by atoms with Crippen molar-refractivity contribution in [2.75, 3.05) is 46.4 Å². The van der Waals surface area contributed by atoms with Crippen molar-refractivity contribution in [3.63, 3.8) is 0 Å². The minimum absolute atomic E-state index is 0.161. The topological polar surface area (TPSA) is 96.5 Å². The van der Waals surface area contributed by atoms with E-state index in [0.717, 1.165) is 0 Å². The van der Waals surface area contributed by atoms with Crippen molar-refractivity contribution < 1.29 is 27.5 Å². The normalized spacial score (nSPS) is 20.3. The zero-order valence-electron chi connectivity index (χ0n) is 17.7. The number of rotatable bonds is 5. The number of benzene rings is 1. The van der Waals surface area contributed by atoms with Crippen LogP contribution in [0.2, 0.25) is 0 Å². The van der Waals surface area contributed by atoms with Gasteiger partial charge in [-0.25, -0.2) is 13.2 Å². The number of methoxy groups -OCH3 is 1. The summed E-state index contributed by atoms with van der Waals surface area (Å²) >= 11 is 0. The van der Waals surface area contributed by atoms with E-state index in [0.29, 0.717) is 63.5 Å². The predicted octanol–water partition coefficient (Wildman–Crippen LogP) is 1.46.